The summed E-state index contributed by atoms with van der Waals surface area (Å²) in [5.74, 6) is 2.49. The molecule has 0 amide bonds. The van der Waals surface area contributed by atoms with Gasteiger partial charge in [-0.15, -0.1) is 24.0 Å². The van der Waals surface area contributed by atoms with Crippen LogP contribution in [0.2, 0.25) is 0 Å². The molecule has 0 saturated heterocycles. The molecule has 2 saturated carbocycles. The highest BCUT2D eigenvalue weighted by molar-refractivity contribution is 14.0. The number of hydrogen-bond acceptors (Lipinski definition) is 1. The van der Waals surface area contributed by atoms with Crippen LogP contribution in [0.25, 0.3) is 0 Å². The number of hydrogen-bond donors (Lipinski definition) is 2. The van der Waals surface area contributed by atoms with Crippen molar-refractivity contribution in [2.75, 3.05) is 13.6 Å². The predicted molar refractivity (Wildman–Crippen MR) is 99.5 cm³/mol. The Morgan fingerprint density at radius 3 is 2.57 bits per heavy atom. The second-order valence-corrected chi connectivity index (χ2v) is 6.09. The third kappa shape index (κ3) is 4.59. The van der Waals surface area contributed by atoms with E-state index in [9.17, 15) is 0 Å². The largest absolute Gasteiger partial charge is 0.356 e. The summed E-state index contributed by atoms with van der Waals surface area (Å²) in [6.45, 7) is 1.03. The summed E-state index contributed by atoms with van der Waals surface area (Å²) in [6.07, 6.45) is 6.59. The highest BCUT2D eigenvalue weighted by Gasteiger charge is 2.37. The third-order valence-corrected chi connectivity index (χ3v) is 4.60. The van der Waals surface area contributed by atoms with Crippen molar-refractivity contribution >= 4 is 29.9 Å². The normalized spacial score (nSPS) is 25.3. The first kappa shape index (κ1) is 16.6. The van der Waals surface area contributed by atoms with Crippen molar-refractivity contribution in [1.82, 2.24) is 10.6 Å². The van der Waals surface area contributed by atoms with Crippen molar-refractivity contribution in [2.24, 2.45) is 10.9 Å². The summed E-state index contributed by atoms with van der Waals surface area (Å²) < 4.78 is 0. The number of rotatable bonds is 4. The molecule has 1 aromatic rings. The number of halogens is 1. The van der Waals surface area contributed by atoms with Crippen molar-refractivity contribution in [1.29, 1.82) is 0 Å². The number of nitrogens with zero attached hydrogens (tertiary/aromatic N) is 1. The summed E-state index contributed by atoms with van der Waals surface area (Å²) in [7, 11) is 1.87. The van der Waals surface area contributed by atoms with E-state index >= 15 is 0 Å². The Bertz CT molecular complexity index is 454. The van der Waals surface area contributed by atoms with Gasteiger partial charge >= 0.3 is 0 Å². The molecule has 2 aliphatic carbocycles. The Kier molecular flexibility index (Phi) is 6.33. The van der Waals surface area contributed by atoms with Gasteiger partial charge in [0.1, 0.15) is 0 Å². The SMILES string of the molecule is CN=C(NCC1CC1c1ccccc1)NC1CCCC1.I. The standard InChI is InChI=1S/C17H25N3.HI/c1-18-17(20-15-9-5-6-10-15)19-12-14-11-16(14)13-7-3-2-4-8-13;/h2-4,7-8,14-16H,5-6,9-12H2,1H3,(H2,18,19,20);1H. The Morgan fingerprint density at radius 2 is 1.90 bits per heavy atom. The minimum absolute atomic E-state index is 0. The van der Waals surface area contributed by atoms with E-state index in [-0.39, 0.29) is 24.0 Å². The molecule has 2 aliphatic rings. The maximum atomic E-state index is 4.34. The summed E-state index contributed by atoms with van der Waals surface area (Å²) >= 11 is 0. The molecule has 0 radical (unpaired) electrons. The average Bonchev–Trinajstić information content (AvgIpc) is 3.10. The molecule has 2 fully saturated rings. The topological polar surface area (TPSA) is 36.4 Å². The summed E-state index contributed by atoms with van der Waals surface area (Å²) in [5.41, 5.74) is 1.48. The van der Waals surface area contributed by atoms with E-state index in [2.05, 4.69) is 46.0 Å². The molecule has 0 aliphatic heterocycles. The van der Waals surface area contributed by atoms with Gasteiger partial charge in [-0.1, -0.05) is 43.2 Å². The zero-order chi connectivity index (χ0) is 13.8. The van der Waals surface area contributed by atoms with Gasteiger partial charge in [-0.25, -0.2) is 0 Å². The van der Waals surface area contributed by atoms with Crippen molar-refractivity contribution in [3.63, 3.8) is 0 Å². The van der Waals surface area contributed by atoms with Crippen LogP contribution in [0.1, 0.15) is 43.6 Å². The van der Waals surface area contributed by atoms with E-state index < -0.39 is 0 Å². The molecule has 0 aromatic heterocycles. The van der Waals surface area contributed by atoms with Crippen LogP contribution in [0.5, 0.6) is 0 Å². The fourth-order valence-electron chi connectivity index (χ4n) is 3.27. The second kappa shape index (κ2) is 8.01. The zero-order valence-corrected chi connectivity index (χ0v) is 15.0. The molecule has 116 valence electrons. The van der Waals surface area contributed by atoms with Gasteiger partial charge in [0.15, 0.2) is 5.96 Å². The fraction of sp³-hybridized carbons (Fsp3) is 0.588. The minimum Gasteiger partial charge on any atom is -0.356 e. The lowest BCUT2D eigenvalue weighted by Crippen LogP contribution is -2.43. The lowest BCUT2D eigenvalue weighted by Gasteiger charge is -2.16. The maximum Gasteiger partial charge on any atom is 0.191 e. The van der Waals surface area contributed by atoms with Crippen LogP contribution in [0.4, 0.5) is 0 Å². The monoisotopic (exact) mass is 399 g/mol. The zero-order valence-electron chi connectivity index (χ0n) is 12.7. The van der Waals surface area contributed by atoms with E-state index in [4.69, 9.17) is 0 Å². The Morgan fingerprint density at radius 1 is 1.19 bits per heavy atom. The van der Waals surface area contributed by atoms with Gasteiger partial charge in [0.25, 0.3) is 0 Å². The third-order valence-electron chi connectivity index (χ3n) is 4.60. The van der Waals surface area contributed by atoms with Crippen molar-refractivity contribution < 1.29 is 0 Å². The highest BCUT2D eigenvalue weighted by atomic mass is 127. The molecule has 0 bridgehead atoms. The molecule has 21 heavy (non-hydrogen) atoms. The molecule has 4 heteroatoms. The molecule has 2 N–H and O–H groups in total. The van der Waals surface area contributed by atoms with Gasteiger partial charge in [0.2, 0.25) is 0 Å². The predicted octanol–water partition coefficient (Wildman–Crippen LogP) is 3.52. The Hall–Kier alpha value is -0.780. The minimum atomic E-state index is 0. The molecular formula is C17H26IN3. The van der Waals surface area contributed by atoms with Crippen LogP contribution in [0.15, 0.2) is 35.3 Å². The van der Waals surface area contributed by atoms with Crippen molar-refractivity contribution in [3.05, 3.63) is 35.9 Å². The highest BCUT2D eigenvalue weighted by Crippen LogP contribution is 2.46. The second-order valence-electron chi connectivity index (χ2n) is 6.09. The molecule has 0 spiro atoms. The molecule has 3 nitrogen and oxygen atoms in total. The summed E-state index contributed by atoms with van der Waals surface area (Å²) in [6, 6.07) is 11.5. The van der Waals surface area contributed by atoms with Gasteiger partial charge in [-0.2, -0.15) is 0 Å². The van der Waals surface area contributed by atoms with E-state index in [1.165, 1.54) is 37.7 Å². The molecule has 2 unspecified atom stereocenters. The van der Waals surface area contributed by atoms with Crippen LogP contribution in [0.3, 0.4) is 0 Å². The van der Waals surface area contributed by atoms with Gasteiger partial charge in [0.05, 0.1) is 0 Å². The molecule has 0 heterocycles. The Labute approximate surface area is 145 Å². The van der Waals surface area contributed by atoms with Gasteiger partial charge < -0.3 is 10.6 Å². The van der Waals surface area contributed by atoms with Gasteiger partial charge in [0, 0.05) is 19.6 Å². The first-order valence-corrected chi connectivity index (χ1v) is 7.89. The van der Waals surface area contributed by atoms with Crippen LogP contribution >= 0.6 is 24.0 Å². The fourth-order valence-corrected chi connectivity index (χ4v) is 3.27. The van der Waals surface area contributed by atoms with E-state index in [1.807, 2.05) is 7.05 Å². The molecular weight excluding hydrogens is 373 g/mol. The van der Waals surface area contributed by atoms with Crippen molar-refractivity contribution in [3.8, 4) is 0 Å². The van der Waals surface area contributed by atoms with Crippen LogP contribution in [-0.4, -0.2) is 25.6 Å². The quantitative estimate of drug-likeness (QED) is 0.462. The average molecular weight is 399 g/mol. The van der Waals surface area contributed by atoms with Gasteiger partial charge in [-0.3, -0.25) is 4.99 Å². The molecule has 3 rings (SSSR count). The lowest BCUT2D eigenvalue weighted by atomic mass is 10.1. The van der Waals surface area contributed by atoms with Gasteiger partial charge in [-0.05, 0) is 36.7 Å². The summed E-state index contributed by atoms with van der Waals surface area (Å²) in [5, 5.41) is 7.04. The number of guanidine groups is 1. The summed E-state index contributed by atoms with van der Waals surface area (Å²) in [4.78, 5) is 4.34. The Balaban J connectivity index is 0.00000161. The van der Waals surface area contributed by atoms with Crippen molar-refractivity contribution in [2.45, 2.75) is 44.1 Å². The first-order chi connectivity index (χ1) is 9.86. The van der Waals surface area contributed by atoms with E-state index in [0.29, 0.717) is 6.04 Å². The van der Waals surface area contributed by atoms with Crippen LogP contribution in [-0.2, 0) is 0 Å². The first-order valence-electron chi connectivity index (χ1n) is 7.89. The van der Waals surface area contributed by atoms with Crippen LogP contribution < -0.4 is 10.6 Å². The lowest BCUT2D eigenvalue weighted by molar-refractivity contribution is 0.607. The van der Waals surface area contributed by atoms with E-state index in [0.717, 1.165) is 24.3 Å². The molecule has 1 aromatic carbocycles. The molecule has 2 atom stereocenters. The number of nitrogens with one attached hydrogen (secondary N) is 2. The smallest absolute Gasteiger partial charge is 0.191 e. The maximum absolute atomic E-state index is 4.34. The van der Waals surface area contributed by atoms with Crippen LogP contribution in [0, 0.1) is 5.92 Å². The number of aliphatic imine (C=N–C) groups is 1. The van der Waals surface area contributed by atoms with E-state index in [1.54, 1.807) is 0 Å². The number of benzene rings is 1.